The van der Waals surface area contributed by atoms with Gasteiger partial charge in [-0.15, -0.1) is 0 Å². The molecular weight excluding hydrogens is 653 g/mol. The Balaban J connectivity index is 4.19. The molecule has 0 radical (unpaired) electrons. The maximum atomic E-state index is 12.5. The number of phosphoric ester groups is 1. The van der Waals surface area contributed by atoms with Crippen molar-refractivity contribution in [3.05, 3.63) is 36.5 Å². The molecule has 2 atom stereocenters. The lowest BCUT2D eigenvalue weighted by Crippen LogP contribution is -2.29. The van der Waals surface area contributed by atoms with E-state index in [0.717, 1.165) is 70.6 Å². The van der Waals surface area contributed by atoms with Crippen molar-refractivity contribution in [1.29, 1.82) is 0 Å². The lowest BCUT2D eigenvalue weighted by molar-refractivity contribution is -0.161. The number of hydrogen-bond acceptors (Lipinski definition) is 8. The van der Waals surface area contributed by atoms with Crippen molar-refractivity contribution >= 4 is 19.8 Å². The minimum absolute atomic E-state index is 0.0511. The van der Waals surface area contributed by atoms with Crippen molar-refractivity contribution in [2.75, 3.05) is 26.4 Å². The standard InChI is InChI=1S/C40H74NO8P/c1-3-5-7-9-11-13-15-16-17-18-19-20-21-22-23-25-27-29-31-33-40(43)49-38(37-48-50(44,45)47-35-34-41)36-46-39(42)32-30-28-26-24-14-12-10-8-6-4-2/h11,13,16-17,19-20,38H,3-10,12,14-15,18,21-37,41H2,1-2H3,(H,44,45)/b13-11-,17-16-,20-19-. The number of esters is 2. The maximum Gasteiger partial charge on any atom is 0.472 e. The average molecular weight is 728 g/mol. The van der Waals surface area contributed by atoms with Gasteiger partial charge in [-0.2, -0.15) is 0 Å². The van der Waals surface area contributed by atoms with Crippen LogP contribution in [0.1, 0.15) is 174 Å². The first-order chi connectivity index (χ1) is 24.3. The molecule has 0 bridgehead atoms. The van der Waals surface area contributed by atoms with E-state index in [9.17, 15) is 19.0 Å². The van der Waals surface area contributed by atoms with E-state index in [1.165, 1.54) is 70.6 Å². The molecule has 0 aromatic rings. The lowest BCUT2D eigenvalue weighted by atomic mass is 10.1. The molecule has 0 amide bonds. The maximum absolute atomic E-state index is 12.5. The molecule has 0 aliphatic rings. The number of hydrogen-bond donors (Lipinski definition) is 2. The molecule has 292 valence electrons. The summed E-state index contributed by atoms with van der Waals surface area (Å²) >= 11 is 0. The number of unbranched alkanes of at least 4 members (excludes halogenated alkanes) is 18. The van der Waals surface area contributed by atoms with Crippen molar-refractivity contribution in [1.82, 2.24) is 0 Å². The minimum Gasteiger partial charge on any atom is -0.462 e. The molecule has 0 heterocycles. The number of allylic oxidation sites excluding steroid dienone is 6. The Morgan fingerprint density at radius 1 is 0.600 bits per heavy atom. The van der Waals surface area contributed by atoms with E-state index in [1.54, 1.807) is 0 Å². The van der Waals surface area contributed by atoms with Gasteiger partial charge >= 0.3 is 19.8 Å². The molecule has 10 heteroatoms. The van der Waals surface area contributed by atoms with Crippen LogP contribution in [0.4, 0.5) is 0 Å². The molecule has 0 saturated carbocycles. The van der Waals surface area contributed by atoms with Crippen molar-refractivity contribution in [2.45, 2.75) is 180 Å². The van der Waals surface area contributed by atoms with Gasteiger partial charge in [0, 0.05) is 19.4 Å². The smallest absolute Gasteiger partial charge is 0.462 e. The SMILES string of the molecule is CCCCC/C=C\C/C=C\C/C=C\CCCCCCCCC(=O)OC(COC(=O)CCCCCCCCCCCC)COP(=O)(O)OCCN. The Bertz CT molecular complexity index is 923. The number of carbonyl (C=O) groups excluding carboxylic acids is 2. The highest BCUT2D eigenvalue weighted by molar-refractivity contribution is 7.47. The summed E-state index contributed by atoms with van der Waals surface area (Å²) in [5.74, 6) is -0.844. The lowest BCUT2D eigenvalue weighted by Gasteiger charge is -2.19. The van der Waals surface area contributed by atoms with Crippen LogP contribution in [-0.4, -0.2) is 49.3 Å². The predicted molar refractivity (Wildman–Crippen MR) is 206 cm³/mol. The highest BCUT2D eigenvalue weighted by Crippen LogP contribution is 2.43. The highest BCUT2D eigenvalue weighted by Gasteiger charge is 2.25. The molecule has 0 aliphatic carbocycles. The Morgan fingerprint density at radius 3 is 1.58 bits per heavy atom. The number of ether oxygens (including phenoxy) is 2. The van der Waals surface area contributed by atoms with Crippen molar-refractivity contribution in [3.63, 3.8) is 0 Å². The van der Waals surface area contributed by atoms with Crippen LogP contribution in [0.5, 0.6) is 0 Å². The second-order valence-corrected chi connectivity index (χ2v) is 14.6. The van der Waals surface area contributed by atoms with Gasteiger partial charge in [0.1, 0.15) is 6.61 Å². The summed E-state index contributed by atoms with van der Waals surface area (Å²) in [6, 6.07) is 0. The quantitative estimate of drug-likeness (QED) is 0.0277. The fourth-order valence-corrected chi connectivity index (χ4v) is 6.05. The van der Waals surface area contributed by atoms with Gasteiger partial charge < -0.3 is 20.1 Å². The van der Waals surface area contributed by atoms with Gasteiger partial charge in [-0.25, -0.2) is 4.57 Å². The van der Waals surface area contributed by atoms with Gasteiger partial charge in [0.15, 0.2) is 6.10 Å². The molecule has 9 nitrogen and oxygen atoms in total. The summed E-state index contributed by atoms with van der Waals surface area (Å²) in [6.45, 7) is 3.67. The van der Waals surface area contributed by atoms with E-state index in [2.05, 4.69) is 50.3 Å². The van der Waals surface area contributed by atoms with E-state index >= 15 is 0 Å². The molecule has 0 saturated heterocycles. The Hall–Kier alpha value is -1.77. The molecular formula is C40H74NO8P. The summed E-state index contributed by atoms with van der Waals surface area (Å²) in [6.07, 6.45) is 38.9. The first-order valence-corrected chi connectivity index (χ1v) is 21.5. The van der Waals surface area contributed by atoms with Crippen LogP contribution in [0.25, 0.3) is 0 Å². The first kappa shape index (κ1) is 48.2. The molecule has 0 aromatic heterocycles. The second kappa shape index (κ2) is 37.0. The highest BCUT2D eigenvalue weighted by atomic mass is 31.2. The zero-order chi connectivity index (χ0) is 36.8. The van der Waals surface area contributed by atoms with Crippen LogP contribution in [0, 0.1) is 0 Å². The fourth-order valence-electron chi connectivity index (χ4n) is 5.29. The summed E-state index contributed by atoms with van der Waals surface area (Å²) in [7, 11) is -4.37. The molecule has 2 unspecified atom stereocenters. The van der Waals surface area contributed by atoms with Crippen LogP contribution in [0.15, 0.2) is 36.5 Å². The van der Waals surface area contributed by atoms with Crippen LogP contribution in [0.3, 0.4) is 0 Å². The summed E-state index contributed by atoms with van der Waals surface area (Å²) in [4.78, 5) is 34.7. The largest absolute Gasteiger partial charge is 0.472 e. The number of carbonyl (C=O) groups is 2. The first-order valence-electron chi connectivity index (χ1n) is 20.0. The van der Waals surface area contributed by atoms with Gasteiger partial charge in [-0.05, 0) is 51.4 Å². The number of nitrogens with two attached hydrogens (primary N) is 1. The van der Waals surface area contributed by atoms with Gasteiger partial charge in [-0.1, -0.05) is 147 Å². The van der Waals surface area contributed by atoms with E-state index in [-0.39, 0.29) is 38.6 Å². The monoisotopic (exact) mass is 728 g/mol. The van der Waals surface area contributed by atoms with Gasteiger partial charge in [0.2, 0.25) is 0 Å². The Labute approximate surface area is 305 Å². The van der Waals surface area contributed by atoms with E-state index in [4.69, 9.17) is 24.3 Å². The topological polar surface area (TPSA) is 134 Å². The minimum atomic E-state index is -4.37. The zero-order valence-electron chi connectivity index (χ0n) is 31.9. The number of rotatable bonds is 37. The Morgan fingerprint density at radius 2 is 1.04 bits per heavy atom. The molecule has 0 spiro atoms. The summed E-state index contributed by atoms with van der Waals surface area (Å²) in [5.41, 5.74) is 5.33. The van der Waals surface area contributed by atoms with Gasteiger partial charge in [0.05, 0.1) is 13.2 Å². The second-order valence-electron chi connectivity index (χ2n) is 13.2. The molecule has 50 heavy (non-hydrogen) atoms. The number of phosphoric acid groups is 1. The molecule has 0 fully saturated rings. The van der Waals surface area contributed by atoms with Crippen LogP contribution >= 0.6 is 7.82 Å². The molecule has 0 aromatic carbocycles. The Kier molecular flexibility index (Phi) is 35.7. The third-order valence-corrected chi connectivity index (χ3v) is 9.26. The zero-order valence-corrected chi connectivity index (χ0v) is 32.8. The average Bonchev–Trinajstić information content (AvgIpc) is 3.10. The molecule has 0 rings (SSSR count). The third-order valence-electron chi connectivity index (χ3n) is 8.28. The summed E-state index contributed by atoms with van der Waals surface area (Å²) in [5, 5.41) is 0. The van der Waals surface area contributed by atoms with Crippen LogP contribution in [0.2, 0.25) is 0 Å². The van der Waals surface area contributed by atoms with Crippen molar-refractivity contribution < 1.29 is 37.6 Å². The van der Waals surface area contributed by atoms with Crippen molar-refractivity contribution in [3.8, 4) is 0 Å². The van der Waals surface area contributed by atoms with Crippen LogP contribution in [-0.2, 0) is 32.7 Å². The van der Waals surface area contributed by atoms with Gasteiger partial charge in [0.25, 0.3) is 0 Å². The van der Waals surface area contributed by atoms with Crippen LogP contribution < -0.4 is 5.73 Å². The molecule has 3 N–H and O–H groups in total. The van der Waals surface area contributed by atoms with E-state index < -0.39 is 26.5 Å². The summed E-state index contributed by atoms with van der Waals surface area (Å²) < 4.78 is 32.6. The van der Waals surface area contributed by atoms with E-state index in [1.807, 2.05) is 0 Å². The normalized spacial score (nSPS) is 13.8. The molecule has 0 aliphatic heterocycles. The fraction of sp³-hybridized carbons (Fsp3) is 0.800. The predicted octanol–water partition coefficient (Wildman–Crippen LogP) is 11.0. The van der Waals surface area contributed by atoms with Crippen molar-refractivity contribution in [2.24, 2.45) is 5.73 Å². The van der Waals surface area contributed by atoms with Gasteiger partial charge in [-0.3, -0.25) is 18.6 Å². The van der Waals surface area contributed by atoms with E-state index in [0.29, 0.717) is 6.42 Å². The third kappa shape index (κ3) is 36.0.